The number of carboxylic acids is 1. The Hall–Kier alpha value is -1.30. The second kappa shape index (κ2) is 4.91. The minimum absolute atomic E-state index is 0.300. The number of hydrogen-bond acceptors (Lipinski definition) is 3. The summed E-state index contributed by atoms with van der Waals surface area (Å²) in [5, 5.41) is 20.5. The maximum Gasteiger partial charge on any atom is 0.337 e. The van der Waals surface area contributed by atoms with E-state index < -0.39 is 11.6 Å². The lowest BCUT2D eigenvalue weighted by Gasteiger charge is -2.22. The van der Waals surface area contributed by atoms with Crippen LogP contribution in [0.2, 0.25) is 0 Å². The highest BCUT2D eigenvalue weighted by molar-refractivity contribution is 5.79. The van der Waals surface area contributed by atoms with Gasteiger partial charge >= 0.3 is 12.0 Å². The van der Waals surface area contributed by atoms with Crippen molar-refractivity contribution in [3.8, 4) is 0 Å². The molecule has 0 aromatic rings. The van der Waals surface area contributed by atoms with Crippen LogP contribution in [0.5, 0.6) is 0 Å². The van der Waals surface area contributed by atoms with Crippen molar-refractivity contribution < 1.29 is 19.8 Å². The minimum Gasteiger partial charge on any atom is -0.479 e. The first-order chi connectivity index (χ1) is 7.74. The first kappa shape index (κ1) is 13.8. The predicted octanol–water partition coefficient (Wildman–Crippen LogP) is 0.119. The van der Waals surface area contributed by atoms with E-state index in [2.05, 4.69) is 12.2 Å². The monoisotopic (exact) mass is 244 g/mol. The van der Waals surface area contributed by atoms with E-state index in [0.717, 1.165) is 13.3 Å². The smallest absolute Gasteiger partial charge is 0.337 e. The molecule has 17 heavy (non-hydrogen) atoms. The first-order valence-electron chi connectivity index (χ1n) is 5.69. The molecule has 1 saturated carbocycles. The van der Waals surface area contributed by atoms with Gasteiger partial charge in [-0.25, -0.2) is 9.59 Å². The summed E-state index contributed by atoms with van der Waals surface area (Å²) in [4.78, 5) is 23.7. The summed E-state index contributed by atoms with van der Waals surface area (Å²) in [5.41, 5.74) is -1.93. The molecule has 0 aromatic carbocycles. The number of rotatable bonds is 5. The van der Waals surface area contributed by atoms with E-state index in [0.29, 0.717) is 18.4 Å². The van der Waals surface area contributed by atoms with E-state index in [-0.39, 0.29) is 12.6 Å². The molecule has 3 N–H and O–H groups in total. The molecule has 0 radical (unpaired) electrons. The highest BCUT2D eigenvalue weighted by atomic mass is 16.4. The number of aliphatic hydroxyl groups is 1. The molecule has 1 fully saturated rings. The fourth-order valence-corrected chi connectivity index (χ4v) is 1.55. The Morgan fingerprint density at radius 1 is 1.53 bits per heavy atom. The lowest BCUT2D eigenvalue weighted by Crippen LogP contribution is -2.49. The summed E-state index contributed by atoms with van der Waals surface area (Å²) < 4.78 is 0. The van der Waals surface area contributed by atoms with Crippen LogP contribution in [0.1, 0.15) is 20.3 Å². The predicted molar refractivity (Wildman–Crippen MR) is 61.6 cm³/mol. The molecule has 98 valence electrons. The molecule has 1 rings (SSSR count). The number of nitrogens with zero attached hydrogens (tertiary/aromatic N) is 1. The largest absolute Gasteiger partial charge is 0.479 e. The Morgan fingerprint density at radius 3 is 2.47 bits per heavy atom. The number of carboxylic acid groups (broad SMARTS) is 1. The van der Waals surface area contributed by atoms with Crippen molar-refractivity contribution in [2.45, 2.75) is 25.9 Å². The van der Waals surface area contributed by atoms with Crippen LogP contribution in [0.4, 0.5) is 4.79 Å². The van der Waals surface area contributed by atoms with Gasteiger partial charge in [-0.2, -0.15) is 0 Å². The van der Waals surface area contributed by atoms with Gasteiger partial charge in [0.25, 0.3) is 0 Å². The second-order valence-corrected chi connectivity index (χ2v) is 5.09. The Bertz CT molecular complexity index is 317. The molecule has 2 amide bonds. The molecule has 6 heteroatoms. The van der Waals surface area contributed by atoms with Crippen LogP contribution in [0.25, 0.3) is 0 Å². The third-order valence-corrected chi connectivity index (χ3v) is 3.18. The zero-order chi connectivity index (χ0) is 13.2. The Morgan fingerprint density at radius 2 is 2.06 bits per heavy atom. The minimum atomic E-state index is -1.93. The van der Waals surface area contributed by atoms with Crippen molar-refractivity contribution in [1.82, 2.24) is 10.2 Å². The molecule has 1 aliphatic rings. The van der Waals surface area contributed by atoms with Crippen molar-refractivity contribution in [2.75, 3.05) is 20.1 Å². The number of hydrogen-bond donors (Lipinski definition) is 3. The molecular weight excluding hydrogens is 224 g/mol. The number of aliphatic carboxylic acids is 1. The topological polar surface area (TPSA) is 89.9 Å². The van der Waals surface area contributed by atoms with Crippen LogP contribution >= 0.6 is 0 Å². The molecule has 0 spiro atoms. The summed E-state index contributed by atoms with van der Waals surface area (Å²) in [6.45, 7) is 3.65. The highest BCUT2D eigenvalue weighted by Crippen LogP contribution is 2.37. The van der Waals surface area contributed by atoms with E-state index in [1.807, 2.05) is 0 Å². The number of carbonyl (C=O) groups excluding carboxylic acids is 1. The lowest BCUT2D eigenvalue weighted by molar-refractivity contribution is -0.155. The lowest BCUT2D eigenvalue weighted by atomic mass is 10.1. The third kappa shape index (κ3) is 3.89. The molecular formula is C11H20N2O4. The fourth-order valence-electron chi connectivity index (χ4n) is 1.55. The second-order valence-electron chi connectivity index (χ2n) is 5.09. The highest BCUT2D eigenvalue weighted by Gasteiger charge is 2.35. The standard InChI is InChI=1S/C11H20N2O4/c1-7-4-8(7)5-13(3)10(16)12-6-11(2,17)9(14)15/h7-8,17H,4-6H2,1-3H3,(H,12,16)(H,14,15). The number of carbonyl (C=O) groups is 2. The molecule has 0 aromatic heterocycles. The van der Waals surface area contributed by atoms with Crippen LogP contribution in [0.3, 0.4) is 0 Å². The summed E-state index contributed by atoms with van der Waals surface area (Å²) in [6, 6.07) is -0.356. The van der Waals surface area contributed by atoms with Gasteiger partial charge in [0.05, 0.1) is 6.54 Å². The van der Waals surface area contributed by atoms with Gasteiger partial charge in [-0.3, -0.25) is 0 Å². The normalized spacial score (nSPS) is 25.9. The van der Waals surface area contributed by atoms with E-state index in [1.54, 1.807) is 7.05 Å². The van der Waals surface area contributed by atoms with Crippen molar-refractivity contribution >= 4 is 12.0 Å². The van der Waals surface area contributed by atoms with Gasteiger partial charge in [-0.1, -0.05) is 6.92 Å². The van der Waals surface area contributed by atoms with Crippen LogP contribution in [0.15, 0.2) is 0 Å². The first-order valence-corrected chi connectivity index (χ1v) is 5.69. The van der Waals surface area contributed by atoms with Crippen molar-refractivity contribution in [1.29, 1.82) is 0 Å². The third-order valence-electron chi connectivity index (χ3n) is 3.18. The summed E-state index contributed by atoms with van der Waals surface area (Å²) in [5.74, 6) is -0.144. The van der Waals surface area contributed by atoms with Gasteiger partial charge in [0.1, 0.15) is 0 Å². The average molecular weight is 244 g/mol. The molecule has 0 saturated heterocycles. The molecule has 6 nitrogen and oxygen atoms in total. The number of urea groups is 1. The molecule has 3 unspecified atom stereocenters. The zero-order valence-corrected chi connectivity index (χ0v) is 10.4. The van der Waals surface area contributed by atoms with Crippen LogP contribution in [-0.2, 0) is 4.79 Å². The maximum atomic E-state index is 11.6. The van der Waals surface area contributed by atoms with Gasteiger partial charge in [-0.15, -0.1) is 0 Å². The van der Waals surface area contributed by atoms with Crippen LogP contribution in [0, 0.1) is 11.8 Å². The molecule has 0 bridgehead atoms. The molecule has 1 aliphatic carbocycles. The van der Waals surface area contributed by atoms with Gasteiger partial charge in [0.15, 0.2) is 5.60 Å². The van der Waals surface area contributed by atoms with Crippen molar-refractivity contribution in [3.63, 3.8) is 0 Å². The Kier molecular flexibility index (Phi) is 3.98. The molecule has 0 aliphatic heterocycles. The van der Waals surface area contributed by atoms with Crippen LogP contribution in [-0.4, -0.2) is 52.9 Å². The molecule has 3 atom stereocenters. The zero-order valence-electron chi connectivity index (χ0n) is 10.4. The number of nitrogens with one attached hydrogen (secondary N) is 1. The van der Waals surface area contributed by atoms with Crippen molar-refractivity contribution in [3.05, 3.63) is 0 Å². The SMILES string of the molecule is CC1CC1CN(C)C(=O)NCC(C)(O)C(=O)O. The maximum absolute atomic E-state index is 11.6. The number of amides is 2. The van der Waals surface area contributed by atoms with E-state index in [4.69, 9.17) is 5.11 Å². The average Bonchev–Trinajstić information content (AvgIpc) is 2.90. The summed E-state index contributed by atoms with van der Waals surface area (Å²) >= 11 is 0. The van der Waals surface area contributed by atoms with E-state index in [1.165, 1.54) is 4.90 Å². The quantitative estimate of drug-likeness (QED) is 0.640. The van der Waals surface area contributed by atoms with Gasteiger partial charge < -0.3 is 20.4 Å². The Balaban J connectivity index is 2.31. The van der Waals surface area contributed by atoms with Gasteiger partial charge in [0, 0.05) is 13.6 Å². The van der Waals surface area contributed by atoms with Crippen LogP contribution < -0.4 is 5.32 Å². The van der Waals surface area contributed by atoms with Crippen molar-refractivity contribution in [2.24, 2.45) is 11.8 Å². The summed E-state index contributed by atoms with van der Waals surface area (Å²) in [6.07, 6.45) is 1.13. The summed E-state index contributed by atoms with van der Waals surface area (Å²) in [7, 11) is 1.66. The Labute approximate surface area is 101 Å². The van der Waals surface area contributed by atoms with E-state index >= 15 is 0 Å². The van der Waals surface area contributed by atoms with Gasteiger partial charge in [-0.05, 0) is 25.2 Å². The molecule has 0 heterocycles. The van der Waals surface area contributed by atoms with Gasteiger partial charge in [0.2, 0.25) is 0 Å². The fraction of sp³-hybridized carbons (Fsp3) is 0.818. The van der Waals surface area contributed by atoms with E-state index in [9.17, 15) is 14.7 Å².